The maximum atomic E-state index is 12.3. The number of sulfonamides is 1. The van der Waals surface area contributed by atoms with E-state index in [0.29, 0.717) is 16.7 Å². The predicted octanol–water partition coefficient (Wildman–Crippen LogP) is 3.02. The third-order valence-corrected chi connectivity index (χ3v) is 5.44. The number of hydrogen-bond donors (Lipinski definition) is 2. The van der Waals surface area contributed by atoms with Gasteiger partial charge in [-0.3, -0.25) is 4.72 Å². The third kappa shape index (κ3) is 4.16. The quantitative estimate of drug-likeness (QED) is 0.844. The van der Waals surface area contributed by atoms with Crippen LogP contribution in [0.3, 0.4) is 0 Å². The smallest absolute Gasteiger partial charge is 0.263 e. The van der Waals surface area contributed by atoms with Crippen molar-refractivity contribution >= 4 is 38.1 Å². The molecule has 1 aromatic carbocycles. The molecule has 0 spiro atoms. The Balaban J connectivity index is 2.27. The van der Waals surface area contributed by atoms with Crippen LogP contribution in [0.4, 0.5) is 5.13 Å². The number of thiazole rings is 1. The molecule has 0 saturated carbocycles. The molecule has 0 fully saturated rings. The molecule has 0 radical (unpaired) electrons. The number of nitrogens with one attached hydrogen (secondary N) is 2. The lowest BCUT2D eigenvalue weighted by Gasteiger charge is -2.09. The van der Waals surface area contributed by atoms with Crippen molar-refractivity contribution in [2.75, 3.05) is 11.3 Å². The zero-order valence-electron chi connectivity index (χ0n) is 11.7. The van der Waals surface area contributed by atoms with E-state index in [1.54, 1.807) is 17.5 Å². The Bertz CT molecular complexity index is 729. The molecular weight excluding hydrogens is 330 g/mol. The van der Waals surface area contributed by atoms with Crippen molar-refractivity contribution in [3.8, 4) is 0 Å². The van der Waals surface area contributed by atoms with E-state index in [1.165, 1.54) is 17.4 Å². The Hall–Kier alpha value is -1.15. The van der Waals surface area contributed by atoms with E-state index in [2.05, 4.69) is 15.0 Å². The van der Waals surface area contributed by atoms with Crippen LogP contribution in [-0.4, -0.2) is 19.9 Å². The molecule has 0 amide bonds. The van der Waals surface area contributed by atoms with Gasteiger partial charge >= 0.3 is 0 Å². The van der Waals surface area contributed by atoms with Gasteiger partial charge in [-0.1, -0.05) is 18.5 Å². The summed E-state index contributed by atoms with van der Waals surface area (Å²) in [6.07, 6.45) is 0. The molecule has 8 heteroatoms. The van der Waals surface area contributed by atoms with E-state index in [0.717, 1.165) is 17.8 Å². The van der Waals surface area contributed by atoms with Gasteiger partial charge in [0.15, 0.2) is 5.13 Å². The summed E-state index contributed by atoms with van der Waals surface area (Å²) in [6.45, 7) is 5.09. The largest absolute Gasteiger partial charge is 0.313 e. The minimum Gasteiger partial charge on any atom is -0.313 e. The Morgan fingerprint density at radius 1 is 1.38 bits per heavy atom. The molecule has 0 atom stereocenters. The fourth-order valence-corrected chi connectivity index (χ4v) is 3.86. The number of rotatable bonds is 6. The second-order valence-electron chi connectivity index (χ2n) is 4.43. The van der Waals surface area contributed by atoms with E-state index < -0.39 is 10.0 Å². The predicted molar refractivity (Wildman–Crippen MR) is 86.5 cm³/mol. The second-order valence-corrected chi connectivity index (χ2v) is 7.38. The van der Waals surface area contributed by atoms with Gasteiger partial charge in [0, 0.05) is 16.9 Å². The van der Waals surface area contributed by atoms with E-state index >= 15 is 0 Å². The van der Waals surface area contributed by atoms with Gasteiger partial charge in [-0.25, -0.2) is 13.4 Å². The van der Waals surface area contributed by atoms with Crippen LogP contribution in [0.2, 0.25) is 5.02 Å². The molecule has 1 aromatic heterocycles. The Morgan fingerprint density at radius 2 is 2.14 bits per heavy atom. The summed E-state index contributed by atoms with van der Waals surface area (Å²) in [6, 6.07) is 4.66. The summed E-state index contributed by atoms with van der Waals surface area (Å²) in [5.74, 6) is 0. The number of nitrogens with zero attached hydrogens (tertiary/aromatic N) is 1. The van der Waals surface area contributed by atoms with Crippen LogP contribution < -0.4 is 10.0 Å². The third-order valence-electron chi connectivity index (χ3n) is 2.73. The molecule has 2 aromatic rings. The average molecular weight is 346 g/mol. The van der Waals surface area contributed by atoms with Crippen LogP contribution in [0, 0.1) is 6.92 Å². The molecule has 0 bridgehead atoms. The van der Waals surface area contributed by atoms with Gasteiger partial charge in [-0.05, 0) is 37.2 Å². The number of benzene rings is 1. The fourth-order valence-electron chi connectivity index (χ4n) is 1.69. The van der Waals surface area contributed by atoms with E-state index in [4.69, 9.17) is 11.6 Å². The Kier molecular flexibility index (Phi) is 5.21. The standard InChI is InChI=1S/C13H16ClN3O2S2/c1-3-15-7-10-6-11(4-5-12(10)14)21(18,19)17-13-16-9(2)8-20-13/h4-6,8,15H,3,7H2,1-2H3,(H,16,17). The minimum absolute atomic E-state index is 0.174. The maximum Gasteiger partial charge on any atom is 0.263 e. The molecule has 5 nitrogen and oxygen atoms in total. The molecule has 0 aliphatic heterocycles. The van der Waals surface area contributed by atoms with Gasteiger partial charge in [0.1, 0.15) is 0 Å². The van der Waals surface area contributed by atoms with Crippen LogP contribution in [0.15, 0.2) is 28.5 Å². The van der Waals surface area contributed by atoms with Crippen LogP contribution in [-0.2, 0) is 16.6 Å². The minimum atomic E-state index is -3.65. The molecular formula is C13H16ClN3O2S2. The van der Waals surface area contributed by atoms with E-state index in [9.17, 15) is 8.42 Å². The first-order valence-electron chi connectivity index (χ1n) is 6.36. The first kappa shape index (κ1) is 16.2. The van der Waals surface area contributed by atoms with E-state index in [1.807, 2.05) is 13.8 Å². The van der Waals surface area contributed by atoms with Gasteiger partial charge in [0.2, 0.25) is 0 Å². The summed E-state index contributed by atoms with van der Waals surface area (Å²) < 4.78 is 27.2. The Labute approximate surface area is 133 Å². The topological polar surface area (TPSA) is 71.1 Å². The zero-order chi connectivity index (χ0) is 15.5. The Morgan fingerprint density at radius 3 is 2.76 bits per heavy atom. The molecule has 2 N–H and O–H groups in total. The van der Waals surface area contributed by atoms with Crippen molar-refractivity contribution in [2.45, 2.75) is 25.3 Å². The highest BCUT2D eigenvalue weighted by Gasteiger charge is 2.17. The number of halogens is 1. The van der Waals surface area contributed by atoms with Gasteiger partial charge in [-0.2, -0.15) is 0 Å². The van der Waals surface area contributed by atoms with Crippen LogP contribution in [0.25, 0.3) is 0 Å². The highest BCUT2D eigenvalue weighted by atomic mass is 35.5. The zero-order valence-corrected chi connectivity index (χ0v) is 14.1. The maximum absolute atomic E-state index is 12.3. The number of aryl methyl sites for hydroxylation is 1. The van der Waals surface area contributed by atoms with Crippen molar-refractivity contribution in [3.63, 3.8) is 0 Å². The lowest BCUT2D eigenvalue weighted by Crippen LogP contribution is -2.15. The molecule has 0 unspecified atom stereocenters. The summed E-state index contributed by atoms with van der Waals surface area (Å²) in [5.41, 5.74) is 1.53. The summed E-state index contributed by atoms with van der Waals surface area (Å²) in [4.78, 5) is 4.27. The summed E-state index contributed by atoms with van der Waals surface area (Å²) >= 11 is 7.33. The van der Waals surface area contributed by atoms with Crippen molar-refractivity contribution in [1.29, 1.82) is 0 Å². The van der Waals surface area contributed by atoms with Gasteiger partial charge in [-0.15, -0.1) is 11.3 Å². The van der Waals surface area contributed by atoms with Gasteiger partial charge in [0.05, 0.1) is 10.6 Å². The monoisotopic (exact) mass is 345 g/mol. The van der Waals surface area contributed by atoms with Crippen molar-refractivity contribution in [1.82, 2.24) is 10.3 Å². The molecule has 1 heterocycles. The van der Waals surface area contributed by atoms with Crippen molar-refractivity contribution < 1.29 is 8.42 Å². The van der Waals surface area contributed by atoms with Crippen molar-refractivity contribution in [3.05, 3.63) is 39.9 Å². The summed E-state index contributed by atoms with van der Waals surface area (Å²) in [7, 11) is -3.65. The van der Waals surface area contributed by atoms with Crippen LogP contribution >= 0.6 is 22.9 Å². The lowest BCUT2D eigenvalue weighted by atomic mass is 10.2. The molecule has 0 saturated heterocycles. The number of hydrogen-bond acceptors (Lipinski definition) is 5. The van der Waals surface area contributed by atoms with Crippen molar-refractivity contribution in [2.24, 2.45) is 0 Å². The lowest BCUT2D eigenvalue weighted by molar-refractivity contribution is 0.601. The van der Waals surface area contributed by atoms with Gasteiger partial charge < -0.3 is 5.32 Å². The molecule has 21 heavy (non-hydrogen) atoms. The van der Waals surface area contributed by atoms with Crippen LogP contribution in [0.1, 0.15) is 18.2 Å². The first-order valence-corrected chi connectivity index (χ1v) is 9.10. The number of anilines is 1. The average Bonchev–Trinajstić information content (AvgIpc) is 2.82. The SMILES string of the molecule is CCNCc1cc(S(=O)(=O)Nc2nc(C)cs2)ccc1Cl. The number of aromatic nitrogens is 1. The van der Waals surface area contributed by atoms with E-state index in [-0.39, 0.29) is 4.90 Å². The summed E-state index contributed by atoms with van der Waals surface area (Å²) in [5, 5.41) is 5.81. The molecule has 114 valence electrons. The first-order chi connectivity index (χ1) is 9.92. The molecule has 0 aliphatic rings. The molecule has 0 aliphatic carbocycles. The highest BCUT2D eigenvalue weighted by Crippen LogP contribution is 2.23. The van der Waals surface area contributed by atoms with Gasteiger partial charge in [0.25, 0.3) is 10.0 Å². The highest BCUT2D eigenvalue weighted by molar-refractivity contribution is 7.93. The second kappa shape index (κ2) is 6.74. The fraction of sp³-hybridized carbons (Fsp3) is 0.308. The molecule has 2 rings (SSSR count). The van der Waals surface area contributed by atoms with Crippen LogP contribution in [0.5, 0.6) is 0 Å². The normalized spacial score (nSPS) is 11.6.